The zero-order valence-corrected chi connectivity index (χ0v) is 16.4. The quantitative estimate of drug-likeness (QED) is 0.671. The summed E-state index contributed by atoms with van der Waals surface area (Å²) in [7, 11) is -0.995. The van der Waals surface area contributed by atoms with Crippen molar-refractivity contribution in [1.29, 1.82) is 0 Å². The van der Waals surface area contributed by atoms with Gasteiger partial charge in [0, 0.05) is 44.6 Å². The van der Waals surface area contributed by atoms with E-state index in [0.717, 1.165) is 48.2 Å². The van der Waals surface area contributed by atoms with Crippen molar-refractivity contribution in [2.75, 3.05) is 23.0 Å². The van der Waals surface area contributed by atoms with Crippen molar-refractivity contribution in [2.45, 2.75) is 60.8 Å². The third-order valence-electron chi connectivity index (χ3n) is 4.92. The molecule has 0 aromatic heterocycles. The Morgan fingerprint density at radius 3 is 1.33 bits per heavy atom. The van der Waals surface area contributed by atoms with E-state index in [2.05, 4.69) is 41.5 Å². The largest absolute Gasteiger partial charge is 0.260 e. The molecule has 0 aromatic rings. The van der Waals surface area contributed by atoms with Crippen molar-refractivity contribution in [3.05, 3.63) is 0 Å². The Morgan fingerprint density at radius 2 is 1.05 bits per heavy atom. The molecule has 2 heterocycles. The molecule has 2 nitrogen and oxygen atoms in total. The fraction of sp³-hybridized carbons (Fsp3) is 1.00. The minimum Gasteiger partial charge on any atom is -0.260 e. The summed E-state index contributed by atoms with van der Waals surface area (Å²) < 4.78 is 22.1. The van der Waals surface area contributed by atoms with Crippen molar-refractivity contribution in [2.24, 2.45) is 22.7 Å². The summed E-state index contributed by atoms with van der Waals surface area (Å²) in [6.45, 7) is 13.6. The molecule has 0 amide bonds. The first kappa shape index (κ1) is 19.3. The lowest BCUT2D eigenvalue weighted by molar-refractivity contribution is 0.224. The summed E-state index contributed by atoms with van der Waals surface area (Å²) in [6.07, 6.45) is 3.49. The van der Waals surface area contributed by atoms with Gasteiger partial charge in [0.1, 0.15) is 0 Å². The van der Waals surface area contributed by atoms with Crippen LogP contribution in [0.5, 0.6) is 0 Å². The predicted molar refractivity (Wildman–Crippen MR) is 95.5 cm³/mol. The minimum atomic E-state index is -0.499. The second kappa shape index (κ2) is 7.72. The van der Waals surface area contributed by atoms with E-state index < -0.39 is 21.6 Å². The van der Waals surface area contributed by atoms with E-state index in [9.17, 15) is 8.42 Å². The maximum atomic E-state index is 11.0. The van der Waals surface area contributed by atoms with Gasteiger partial charge in [0.05, 0.1) is 0 Å². The molecule has 2 fully saturated rings. The molecule has 0 bridgehead atoms. The summed E-state index contributed by atoms with van der Waals surface area (Å²) in [5.41, 5.74) is 0.788. The molecule has 0 aromatic carbocycles. The van der Waals surface area contributed by atoms with Gasteiger partial charge in [0.15, 0.2) is 0 Å². The maximum Gasteiger partial charge on any atom is 0.0268 e. The van der Waals surface area contributed by atoms with Crippen LogP contribution in [0.2, 0.25) is 0 Å². The zero-order chi connectivity index (χ0) is 16.3. The molecule has 126 valence electrons. The second-order valence-electron chi connectivity index (χ2n) is 8.65. The van der Waals surface area contributed by atoms with Crippen molar-refractivity contribution < 1.29 is 8.42 Å². The van der Waals surface area contributed by atoms with Crippen molar-refractivity contribution in [1.82, 2.24) is 0 Å². The SMILES string of the molecule is CC(C)(C)C1CCS(=O)C1.CC(C)(C)C1CCS(=O)CC1. The summed E-state index contributed by atoms with van der Waals surface area (Å²) in [5, 5.41) is 0. The fourth-order valence-corrected chi connectivity index (χ4v) is 6.14. The van der Waals surface area contributed by atoms with Crippen LogP contribution in [0.4, 0.5) is 0 Å². The molecule has 2 saturated heterocycles. The van der Waals surface area contributed by atoms with Gasteiger partial charge in [-0.3, -0.25) is 8.42 Å². The molecule has 2 aliphatic heterocycles. The van der Waals surface area contributed by atoms with Crippen LogP contribution in [0, 0.1) is 22.7 Å². The monoisotopic (exact) mass is 334 g/mol. The molecule has 2 atom stereocenters. The Labute approximate surface area is 136 Å². The van der Waals surface area contributed by atoms with Gasteiger partial charge in [-0.1, -0.05) is 41.5 Å². The zero-order valence-electron chi connectivity index (χ0n) is 14.7. The first-order valence-electron chi connectivity index (χ1n) is 8.20. The molecule has 2 unspecified atom stereocenters. The summed E-state index contributed by atoms with van der Waals surface area (Å²) >= 11 is 0. The van der Waals surface area contributed by atoms with E-state index in [0.29, 0.717) is 16.7 Å². The highest BCUT2D eigenvalue weighted by molar-refractivity contribution is 7.85. The highest BCUT2D eigenvalue weighted by Gasteiger charge is 2.31. The van der Waals surface area contributed by atoms with Crippen molar-refractivity contribution in [3.8, 4) is 0 Å². The van der Waals surface area contributed by atoms with Crippen LogP contribution < -0.4 is 0 Å². The molecular formula is C17H34O2S2. The Balaban J connectivity index is 0.000000211. The van der Waals surface area contributed by atoms with Gasteiger partial charge in [0.25, 0.3) is 0 Å². The predicted octanol–water partition coefficient (Wildman–Crippen LogP) is 3.99. The molecule has 2 aliphatic rings. The second-order valence-corrected chi connectivity index (χ2v) is 12.0. The highest BCUT2D eigenvalue weighted by atomic mass is 32.2. The van der Waals surface area contributed by atoms with Crippen molar-refractivity contribution >= 4 is 21.6 Å². The summed E-state index contributed by atoms with van der Waals surface area (Å²) in [5.74, 6) is 5.21. The van der Waals surface area contributed by atoms with Crippen LogP contribution >= 0.6 is 0 Å². The first-order valence-corrected chi connectivity index (χ1v) is 11.2. The topological polar surface area (TPSA) is 34.1 Å². The van der Waals surface area contributed by atoms with Gasteiger partial charge in [-0.15, -0.1) is 0 Å². The van der Waals surface area contributed by atoms with E-state index in [1.54, 1.807) is 0 Å². The van der Waals surface area contributed by atoms with E-state index >= 15 is 0 Å². The van der Waals surface area contributed by atoms with Gasteiger partial charge >= 0.3 is 0 Å². The lowest BCUT2D eigenvalue weighted by Crippen LogP contribution is -2.28. The van der Waals surface area contributed by atoms with E-state index in [4.69, 9.17) is 0 Å². The van der Waals surface area contributed by atoms with Crippen LogP contribution in [0.3, 0.4) is 0 Å². The Morgan fingerprint density at radius 1 is 0.667 bits per heavy atom. The van der Waals surface area contributed by atoms with Crippen LogP contribution in [0.15, 0.2) is 0 Å². The van der Waals surface area contributed by atoms with E-state index in [1.807, 2.05) is 0 Å². The van der Waals surface area contributed by atoms with Gasteiger partial charge < -0.3 is 0 Å². The lowest BCUT2D eigenvalue weighted by atomic mass is 9.77. The third-order valence-corrected chi connectivity index (χ3v) is 7.77. The summed E-state index contributed by atoms with van der Waals surface area (Å²) in [6, 6.07) is 0. The van der Waals surface area contributed by atoms with Crippen LogP contribution in [-0.4, -0.2) is 31.4 Å². The smallest absolute Gasteiger partial charge is 0.0268 e. The molecule has 21 heavy (non-hydrogen) atoms. The van der Waals surface area contributed by atoms with Gasteiger partial charge in [-0.25, -0.2) is 0 Å². The summed E-state index contributed by atoms with van der Waals surface area (Å²) in [4.78, 5) is 0. The molecule has 0 aliphatic carbocycles. The number of hydrogen-bond donors (Lipinski definition) is 0. The molecule has 0 spiro atoms. The van der Waals surface area contributed by atoms with Gasteiger partial charge in [0.2, 0.25) is 0 Å². The molecule has 4 heteroatoms. The Hall–Kier alpha value is 0.300. The standard InChI is InChI=1S/C9H18OS.C8H16OS/c1-9(2,3)8-4-6-11(10)7-5-8;1-8(2,3)7-4-5-10(9)6-7/h8H,4-7H2,1-3H3;7H,4-6H2,1-3H3. The Kier molecular flexibility index (Phi) is 7.11. The van der Waals surface area contributed by atoms with Crippen LogP contribution in [-0.2, 0) is 21.6 Å². The molecule has 2 rings (SSSR count). The molecule has 0 radical (unpaired) electrons. The lowest BCUT2D eigenvalue weighted by Gasteiger charge is -2.33. The maximum absolute atomic E-state index is 11.0. The molecular weight excluding hydrogens is 300 g/mol. The van der Waals surface area contributed by atoms with Gasteiger partial charge in [-0.2, -0.15) is 0 Å². The van der Waals surface area contributed by atoms with Crippen LogP contribution in [0.25, 0.3) is 0 Å². The van der Waals surface area contributed by atoms with Gasteiger partial charge in [-0.05, 0) is 41.9 Å². The number of hydrogen-bond acceptors (Lipinski definition) is 2. The van der Waals surface area contributed by atoms with Crippen molar-refractivity contribution in [3.63, 3.8) is 0 Å². The first-order chi connectivity index (χ1) is 9.50. The highest BCUT2D eigenvalue weighted by Crippen LogP contribution is 2.34. The minimum absolute atomic E-state index is 0.367. The molecule has 0 N–H and O–H groups in total. The Bertz CT molecular complexity index is 367. The van der Waals surface area contributed by atoms with E-state index in [-0.39, 0.29) is 0 Å². The van der Waals surface area contributed by atoms with Crippen LogP contribution in [0.1, 0.15) is 60.8 Å². The number of rotatable bonds is 0. The van der Waals surface area contributed by atoms with E-state index in [1.165, 1.54) is 0 Å². The average molecular weight is 335 g/mol. The third kappa shape index (κ3) is 6.94. The normalized spacial score (nSPS) is 34.2. The molecule has 0 saturated carbocycles. The average Bonchev–Trinajstić information content (AvgIpc) is 2.76. The fourth-order valence-electron chi connectivity index (χ4n) is 3.01.